The van der Waals surface area contributed by atoms with Gasteiger partial charge in [-0.05, 0) is 60.2 Å². The van der Waals surface area contributed by atoms with Gasteiger partial charge in [-0.25, -0.2) is 8.78 Å². The van der Waals surface area contributed by atoms with Gasteiger partial charge in [0.05, 0.1) is 6.61 Å². The number of halogens is 3. The number of rotatable bonds is 10. The van der Waals surface area contributed by atoms with Crippen LogP contribution in [0.1, 0.15) is 44.2 Å². The average molecular weight is 428 g/mol. The molecule has 0 amide bonds. The monoisotopic (exact) mass is 428 g/mol. The largest absolute Gasteiger partial charge is 0.491 e. The fraction of sp³-hybridized carbons (Fsp3) is 0.308. The van der Waals surface area contributed by atoms with Gasteiger partial charge in [0, 0.05) is 0 Å². The predicted octanol–water partition coefficient (Wildman–Crippen LogP) is 7.48. The van der Waals surface area contributed by atoms with Gasteiger partial charge in [0.15, 0.2) is 23.1 Å². The lowest BCUT2D eigenvalue weighted by Gasteiger charge is -2.11. The van der Waals surface area contributed by atoms with E-state index in [1.54, 1.807) is 25.1 Å². The van der Waals surface area contributed by atoms with E-state index in [1.165, 1.54) is 12.1 Å². The Bertz CT molecular complexity index is 1000. The molecule has 0 spiro atoms. The van der Waals surface area contributed by atoms with Gasteiger partial charge in [0.1, 0.15) is 6.61 Å². The molecule has 0 unspecified atom stereocenters. The van der Waals surface area contributed by atoms with Crippen molar-refractivity contribution in [2.75, 3.05) is 6.61 Å². The first kappa shape index (κ1) is 22.7. The van der Waals surface area contributed by atoms with E-state index in [-0.39, 0.29) is 18.1 Å². The summed E-state index contributed by atoms with van der Waals surface area (Å²) < 4.78 is 53.4. The first-order valence-electron chi connectivity index (χ1n) is 10.6. The molecule has 5 heteroatoms. The molecule has 0 heterocycles. The first-order chi connectivity index (χ1) is 15.0. The topological polar surface area (TPSA) is 18.5 Å². The van der Waals surface area contributed by atoms with Crippen LogP contribution in [0, 0.1) is 17.5 Å². The van der Waals surface area contributed by atoms with Crippen molar-refractivity contribution in [1.29, 1.82) is 0 Å². The maximum atomic E-state index is 14.3. The Morgan fingerprint density at radius 1 is 0.710 bits per heavy atom. The van der Waals surface area contributed by atoms with Crippen LogP contribution in [0.15, 0.2) is 54.6 Å². The van der Waals surface area contributed by atoms with E-state index in [0.29, 0.717) is 18.6 Å². The average Bonchev–Trinajstić information content (AvgIpc) is 2.78. The molecular weight excluding hydrogens is 401 g/mol. The highest BCUT2D eigenvalue weighted by atomic mass is 19.2. The summed E-state index contributed by atoms with van der Waals surface area (Å²) in [7, 11) is 0. The third kappa shape index (κ3) is 5.81. The molecule has 0 bridgehead atoms. The maximum Gasteiger partial charge on any atom is 0.200 e. The van der Waals surface area contributed by atoms with Crippen LogP contribution < -0.4 is 9.47 Å². The SMILES string of the molecule is CCCCCc1ccc(OCc2ccc(-c3ccc(OCC)c(F)c3)cc2)c(F)c1F. The number of hydrogen-bond acceptors (Lipinski definition) is 2. The van der Waals surface area contributed by atoms with E-state index in [9.17, 15) is 13.2 Å². The van der Waals surface area contributed by atoms with Crippen LogP contribution in [0.25, 0.3) is 11.1 Å². The number of unbranched alkanes of at least 4 members (excludes halogenated alkanes) is 2. The van der Waals surface area contributed by atoms with Gasteiger partial charge in [0.2, 0.25) is 5.82 Å². The van der Waals surface area contributed by atoms with Gasteiger partial charge >= 0.3 is 0 Å². The Morgan fingerprint density at radius 2 is 1.42 bits per heavy atom. The normalized spacial score (nSPS) is 10.9. The number of hydrogen-bond donors (Lipinski definition) is 0. The van der Waals surface area contributed by atoms with Crippen molar-refractivity contribution in [2.24, 2.45) is 0 Å². The minimum atomic E-state index is -0.949. The quantitative estimate of drug-likeness (QED) is 0.312. The molecular formula is C26H27F3O2. The van der Waals surface area contributed by atoms with E-state index in [0.717, 1.165) is 36.0 Å². The zero-order chi connectivity index (χ0) is 22.2. The summed E-state index contributed by atoms with van der Waals surface area (Å²) in [5.74, 6) is -2.07. The van der Waals surface area contributed by atoms with Gasteiger partial charge < -0.3 is 9.47 Å². The van der Waals surface area contributed by atoms with Crippen molar-refractivity contribution >= 4 is 0 Å². The maximum absolute atomic E-state index is 14.3. The second-order valence-corrected chi connectivity index (χ2v) is 7.37. The van der Waals surface area contributed by atoms with Crippen LogP contribution >= 0.6 is 0 Å². The van der Waals surface area contributed by atoms with Crippen LogP contribution in [0.4, 0.5) is 13.2 Å². The summed E-state index contributed by atoms with van der Waals surface area (Å²) in [5.41, 5.74) is 2.73. The standard InChI is InChI=1S/C26H27F3O2/c1-3-5-6-7-20-12-15-24(26(29)25(20)28)31-17-18-8-10-19(11-9-18)21-13-14-23(30-4-2)22(27)16-21/h8-16H,3-7,17H2,1-2H3. The van der Waals surface area contributed by atoms with E-state index in [2.05, 4.69) is 6.92 Å². The molecule has 0 radical (unpaired) electrons. The van der Waals surface area contributed by atoms with Crippen LogP contribution in [-0.4, -0.2) is 6.61 Å². The fourth-order valence-corrected chi connectivity index (χ4v) is 3.35. The zero-order valence-corrected chi connectivity index (χ0v) is 17.9. The highest BCUT2D eigenvalue weighted by Crippen LogP contribution is 2.27. The Labute approximate surface area is 181 Å². The van der Waals surface area contributed by atoms with Crippen molar-refractivity contribution in [2.45, 2.75) is 46.1 Å². The molecule has 3 aromatic rings. The Hall–Kier alpha value is -2.95. The molecule has 3 rings (SSSR count). The van der Waals surface area contributed by atoms with Crippen molar-refractivity contribution in [3.05, 3.63) is 83.2 Å². The molecule has 0 N–H and O–H groups in total. The fourth-order valence-electron chi connectivity index (χ4n) is 3.35. The lowest BCUT2D eigenvalue weighted by atomic mass is 10.0. The van der Waals surface area contributed by atoms with Gasteiger partial charge in [0.25, 0.3) is 0 Å². The van der Waals surface area contributed by atoms with E-state index in [1.807, 2.05) is 24.3 Å². The smallest absolute Gasteiger partial charge is 0.200 e. The molecule has 164 valence electrons. The van der Waals surface area contributed by atoms with Crippen LogP contribution in [0.2, 0.25) is 0 Å². The highest BCUT2D eigenvalue weighted by molar-refractivity contribution is 5.64. The van der Waals surface area contributed by atoms with Crippen LogP contribution in [0.5, 0.6) is 11.5 Å². The number of benzene rings is 3. The molecule has 0 aliphatic heterocycles. The van der Waals surface area contributed by atoms with Gasteiger partial charge in [-0.15, -0.1) is 0 Å². The second-order valence-electron chi connectivity index (χ2n) is 7.37. The molecule has 0 fully saturated rings. The molecule has 0 atom stereocenters. The van der Waals surface area contributed by atoms with Crippen molar-refractivity contribution in [3.63, 3.8) is 0 Å². The lowest BCUT2D eigenvalue weighted by molar-refractivity contribution is 0.284. The number of ether oxygens (including phenoxy) is 2. The molecule has 0 aliphatic carbocycles. The molecule has 0 saturated carbocycles. The first-order valence-corrected chi connectivity index (χ1v) is 10.6. The zero-order valence-electron chi connectivity index (χ0n) is 17.9. The van der Waals surface area contributed by atoms with Crippen molar-refractivity contribution in [3.8, 4) is 22.6 Å². The molecule has 0 aromatic heterocycles. The van der Waals surface area contributed by atoms with E-state index >= 15 is 0 Å². The predicted molar refractivity (Wildman–Crippen MR) is 117 cm³/mol. The highest BCUT2D eigenvalue weighted by Gasteiger charge is 2.14. The van der Waals surface area contributed by atoms with Crippen molar-refractivity contribution in [1.82, 2.24) is 0 Å². The summed E-state index contributed by atoms with van der Waals surface area (Å²) in [6, 6.07) is 15.2. The van der Waals surface area contributed by atoms with Gasteiger partial charge in [-0.3, -0.25) is 0 Å². The Balaban J connectivity index is 1.64. The minimum absolute atomic E-state index is 0.101. The molecule has 2 nitrogen and oxygen atoms in total. The molecule has 0 aliphatic rings. The number of aryl methyl sites for hydroxylation is 1. The van der Waals surface area contributed by atoms with E-state index in [4.69, 9.17) is 9.47 Å². The Morgan fingerprint density at radius 3 is 2.10 bits per heavy atom. The minimum Gasteiger partial charge on any atom is -0.491 e. The molecule has 3 aromatic carbocycles. The second kappa shape index (κ2) is 10.9. The third-order valence-electron chi connectivity index (χ3n) is 5.09. The van der Waals surface area contributed by atoms with E-state index < -0.39 is 17.5 Å². The van der Waals surface area contributed by atoms with Gasteiger partial charge in [-0.1, -0.05) is 56.2 Å². The summed E-state index contributed by atoms with van der Waals surface area (Å²) in [6.45, 7) is 4.37. The Kier molecular flexibility index (Phi) is 7.99. The van der Waals surface area contributed by atoms with Crippen LogP contribution in [0.3, 0.4) is 0 Å². The van der Waals surface area contributed by atoms with Crippen molar-refractivity contribution < 1.29 is 22.6 Å². The lowest BCUT2D eigenvalue weighted by Crippen LogP contribution is -2.02. The summed E-state index contributed by atoms with van der Waals surface area (Å²) >= 11 is 0. The summed E-state index contributed by atoms with van der Waals surface area (Å²) in [6.07, 6.45) is 3.36. The van der Waals surface area contributed by atoms with Crippen LogP contribution in [-0.2, 0) is 13.0 Å². The third-order valence-corrected chi connectivity index (χ3v) is 5.09. The summed E-state index contributed by atoms with van der Waals surface area (Å²) in [5, 5.41) is 0. The molecule has 31 heavy (non-hydrogen) atoms. The van der Waals surface area contributed by atoms with Gasteiger partial charge in [-0.2, -0.15) is 4.39 Å². The molecule has 0 saturated heterocycles. The summed E-state index contributed by atoms with van der Waals surface area (Å²) in [4.78, 5) is 0.